The van der Waals surface area contributed by atoms with Gasteiger partial charge in [0.2, 0.25) is 0 Å². The predicted molar refractivity (Wildman–Crippen MR) is 91.3 cm³/mol. The van der Waals surface area contributed by atoms with E-state index in [2.05, 4.69) is 27.4 Å². The van der Waals surface area contributed by atoms with Crippen LogP contribution in [0.5, 0.6) is 11.5 Å². The number of hydrogen-bond acceptors (Lipinski definition) is 5. The topological polar surface area (TPSA) is 56.3 Å². The van der Waals surface area contributed by atoms with E-state index >= 15 is 0 Å². The van der Waals surface area contributed by atoms with Crippen molar-refractivity contribution in [3.05, 3.63) is 54.4 Å². The van der Waals surface area contributed by atoms with Gasteiger partial charge in [-0.3, -0.25) is 0 Å². The predicted octanol–water partition coefficient (Wildman–Crippen LogP) is 3.30. The lowest BCUT2D eigenvalue weighted by Crippen LogP contribution is -2.07. The molecule has 0 fully saturated rings. The highest BCUT2D eigenvalue weighted by Gasteiger charge is 2.10. The maximum Gasteiger partial charge on any atom is 0.162 e. The molecule has 0 saturated carbocycles. The highest BCUT2D eigenvalue weighted by Crippen LogP contribution is 2.33. The van der Waals surface area contributed by atoms with Crippen molar-refractivity contribution >= 4 is 16.7 Å². The Morgan fingerprint density at radius 2 is 1.70 bits per heavy atom. The van der Waals surface area contributed by atoms with Crippen LogP contribution in [0.25, 0.3) is 10.9 Å². The van der Waals surface area contributed by atoms with Gasteiger partial charge in [-0.1, -0.05) is 30.3 Å². The molecule has 3 rings (SSSR count). The number of anilines is 1. The van der Waals surface area contributed by atoms with Crippen molar-refractivity contribution in [2.45, 2.75) is 6.42 Å². The zero-order chi connectivity index (χ0) is 16.1. The van der Waals surface area contributed by atoms with Crippen molar-refractivity contribution < 1.29 is 9.47 Å². The first-order chi connectivity index (χ1) is 11.3. The summed E-state index contributed by atoms with van der Waals surface area (Å²) in [4.78, 5) is 8.66. The molecular formula is C18H19N3O2. The molecule has 3 aromatic rings. The number of aromatic nitrogens is 2. The van der Waals surface area contributed by atoms with E-state index in [4.69, 9.17) is 9.47 Å². The minimum atomic E-state index is 0.661. The van der Waals surface area contributed by atoms with Crippen LogP contribution in [0.1, 0.15) is 5.56 Å². The van der Waals surface area contributed by atoms with Crippen molar-refractivity contribution in [3.8, 4) is 11.5 Å². The molecule has 0 aliphatic carbocycles. The normalized spacial score (nSPS) is 10.5. The highest BCUT2D eigenvalue weighted by atomic mass is 16.5. The van der Waals surface area contributed by atoms with Crippen molar-refractivity contribution in [2.75, 3.05) is 26.1 Å². The fourth-order valence-electron chi connectivity index (χ4n) is 2.49. The van der Waals surface area contributed by atoms with Crippen molar-refractivity contribution in [3.63, 3.8) is 0 Å². The van der Waals surface area contributed by atoms with E-state index in [0.29, 0.717) is 11.5 Å². The van der Waals surface area contributed by atoms with Crippen LogP contribution in [0.15, 0.2) is 48.8 Å². The Labute approximate surface area is 135 Å². The number of nitrogens with one attached hydrogen (secondary N) is 1. The molecule has 0 spiro atoms. The number of benzene rings is 2. The van der Waals surface area contributed by atoms with Gasteiger partial charge in [0.15, 0.2) is 11.5 Å². The number of rotatable bonds is 6. The molecule has 0 aliphatic heterocycles. The summed E-state index contributed by atoms with van der Waals surface area (Å²) in [5, 5.41) is 4.29. The molecule has 0 unspecified atom stereocenters. The molecule has 0 bridgehead atoms. The van der Waals surface area contributed by atoms with Crippen LogP contribution in [-0.2, 0) is 6.42 Å². The van der Waals surface area contributed by atoms with Crippen LogP contribution >= 0.6 is 0 Å². The third-order valence-corrected chi connectivity index (χ3v) is 3.69. The highest BCUT2D eigenvalue weighted by molar-refractivity contribution is 5.91. The smallest absolute Gasteiger partial charge is 0.162 e. The molecule has 5 heteroatoms. The quantitative estimate of drug-likeness (QED) is 0.757. The van der Waals surface area contributed by atoms with Gasteiger partial charge >= 0.3 is 0 Å². The van der Waals surface area contributed by atoms with E-state index < -0.39 is 0 Å². The van der Waals surface area contributed by atoms with Crippen LogP contribution < -0.4 is 14.8 Å². The summed E-state index contributed by atoms with van der Waals surface area (Å²) < 4.78 is 10.7. The zero-order valence-electron chi connectivity index (χ0n) is 13.2. The van der Waals surface area contributed by atoms with Crippen LogP contribution in [-0.4, -0.2) is 30.7 Å². The van der Waals surface area contributed by atoms with Gasteiger partial charge < -0.3 is 14.8 Å². The van der Waals surface area contributed by atoms with Gasteiger partial charge in [-0.15, -0.1) is 0 Å². The largest absolute Gasteiger partial charge is 0.493 e. The van der Waals surface area contributed by atoms with Gasteiger partial charge in [-0.2, -0.15) is 0 Å². The van der Waals surface area contributed by atoms with Gasteiger partial charge in [0, 0.05) is 18.0 Å². The molecule has 0 amide bonds. The molecule has 2 aromatic carbocycles. The summed E-state index contributed by atoms with van der Waals surface area (Å²) in [5.41, 5.74) is 2.11. The molecule has 1 N–H and O–H groups in total. The average Bonchev–Trinajstić information content (AvgIpc) is 2.61. The summed E-state index contributed by atoms with van der Waals surface area (Å²) in [5.74, 6) is 2.13. The molecule has 0 saturated heterocycles. The van der Waals surface area contributed by atoms with E-state index in [1.165, 1.54) is 5.56 Å². The minimum Gasteiger partial charge on any atom is -0.493 e. The van der Waals surface area contributed by atoms with Gasteiger partial charge in [0.25, 0.3) is 0 Å². The van der Waals surface area contributed by atoms with E-state index in [-0.39, 0.29) is 0 Å². The summed E-state index contributed by atoms with van der Waals surface area (Å²) in [7, 11) is 3.24. The summed E-state index contributed by atoms with van der Waals surface area (Å²) in [6, 6.07) is 14.1. The van der Waals surface area contributed by atoms with Gasteiger partial charge in [0.1, 0.15) is 12.1 Å². The number of fused-ring (bicyclic) bond motifs is 1. The third kappa shape index (κ3) is 3.34. The molecule has 23 heavy (non-hydrogen) atoms. The number of methoxy groups -OCH3 is 2. The lowest BCUT2D eigenvalue weighted by molar-refractivity contribution is 0.356. The second kappa shape index (κ2) is 6.96. The van der Waals surface area contributed by atoms with Crippen molar-refractivity contribution in [1.82, 2.24) is 9.97 Å². The number of nitrogens with zero attached hydrogens (tertiary/aromatic N) is 2. The molecule has 5 nitrogen and oxygen atoms in total. The van der Waals surface area contributed by atoms with E-state index in [0.717, 1.165) is 29.7 Å². The fraction of sp³-hybridized carbons (Fsp3) is 0.222. The Morgan fingerprint density at radius 3 is 2.43 bits per heavy atom. The van der Waals surface area contributed by atoms with Crippen LogP contribution in [0, 0.1) is 0 Å². The second-order valence-corrected chi connectivity index (χ2v) is 5.11. The van der Waals surface area contributed by atoms with Gasteiger partial charge in [-0.25, -0.2) is 9.97 Å². The van der Waals surface area contributed by atoms with E-state index in [1.807, 2.05) is 30.3 Å². The lowest BCUT2D eigenvalue weighted by Gasteiger charge is -2.12. The molecule has 0 atom stereocenters. The summed E-state index contributed by atoms with van der Waals surface area (Å²) in [6.45, 7) is 0.796. The van der Waals surface area contributed by atoms with E-state index in [1.54, 1.807) is 20.5 Å². The fourth-order valence-corrected chi connectivity index (χ4v) is 2.49. The molecule has 0 aliphatic rings. The molecule has 0 radical (unpaired) electrons. The number of hydrogen-bond donors (Lipinski definition) is 1. The Morgan fingerprint density at radius 1 is 0.957 bits per heavy atom. The first kappa shape index (κ1) is 15.1. The Kier molecular flexibility index (Phi) is 4.57. The van der Waals surface area contributed by atoms with Gasteiger partial charge in [0.05, 0.1) is 19.7 Å². The first-order valence-electron chi connectivity index (χ1n) is 7.46. The Balaban J connectivity index is 1.83. The Hall–Kier alpha value is -2.82. The summed E-state index contributed by atoms with van der Waals surface area (Å²) in [6.07, 6.45) is 2.48. The maximum absolute atomic E-state index is 5.36. The van der Waals surface area contributed by atoms with Crippen LogP contribution in [0.4, 0.5) is 5.82 Å². The summed E-state index contributed by atoms with van der Waals surface area (Å²) >= 11 is 0. The lowest BCUT2D eigenvalue weighted by atomic mass is 10.1. The third-order valence-electron chi connectivity index (χ3n) is 3.69. The van der Waals surface area contributed by atoms with E-state index in [9.17, 15) is 0 Å². The molecule has 1 aromatic heterocycles. The Bertz CT molecular complexity index is 791. The van der Waals surface area contributed by atoms with Crippen LogP contribution in [0.2, 0.25) is 0 Å². The standard InChI is InChI=1S/C18H19N3O2/c1-22-16-10-14-15(11-17(16)23-2)20-12-21-18(14)19-9-8-13-6-4-3-5-7-13/h3-7,10-12H,8-9H2,1-2H3,(H,19,20,21). The SMILES string of the molecule is COc1cc2ncnc(NCCc3ccccc3)c2cc1OC. The first-order valence-corrected chi connectivity index (χ1v) is 7.46. The monoisotopic (exact) mass is 309 g/mol. The second-order valence-electron chi connectivity index (χ2n) is 5.11. The minimum absolute atomic E-state index is 0.661. The maximum atomic E-state index is 5.36. The molecule has 118 valence electrons. The van der Waals surface area contributed by atoms with Crippen molar-refractivity contribution in [1.29, 1.82) is 0 Å². The van der Waals surface area contributed by atoms with Crippen LogP contribution in [0.3, 0.4) is 0 Å². The molecule has 1 heterocycles. The zero-order valence-corrected chi connectivity index (χ0v) is 13.2. The van der Waals surface area contributed by atoms with Crippen molar-refractivity contribution in [2.24, 2.45) is 0 Å². The average molecular weight is 309 g/mol. The van der Waals surface area contributed by atoms with Gasteiger partial charge in [-0.05, 0) is 18.1 Å². The number of ether oxygens (including phenoxy) is 2. The molecular weight excluding hydrogens is 290 g/mol.